The number of aromatic nitrogens is 2. The first-order valence-corrected chi connectivity index (χ1v) is 4.79. The van der Waals surface area contributed by atoms with Crippen LogP contribution in [0, 0.1) is 11.3 Å². The highest BCUT2D eigenvalue weighted by Gasteiger charge is 2.20. The van der Waals surface area contributed by atoms with E-state index in [1.165, 1.54) is 10.9 Å². The molecule has 4 nitrogen and oxygen atoms in total. The van der Waals surface area contributed by atoms with Gasteiger partial charge in [-0.2, -0.15) is 5.26 Å². The van der Waals surface area contributed by atoms with Crippen molar-refractivity contribution >= 4 is 5.78 Å². The summed E-state index contributed by atoms with van der Waals surface area (Å²) in [5.41, 5.74) is 0.530. The van der Waals surface area contributed by atoms with E-state index >= 15 is 0 Å². The van der Waals surface area contributed by atoms with E-state index in [1.54, 1.807) is 36.7 Å². The van der Waals surface area contributed by atoms with Gasteiger partial charge in [-0.1, -0.05) is 30.3 Å². The maximum absolute atomic E-state index is 12.0. The highest BCUT2D eigenvalue weighted by atomic mass is 16.1. The second-order valence-electron chi connectivity index (χ2n) is 3.27. The Balaban J connectivity index is 2.31. The lowest BCUT2D eigenvalue weighted by Crippen LogP contribution is -2.16. The largest absolute Gasteiger partial charge is 0.314 e. The number of rotatable bonds is 3. The smallest absolute Gasteiger partial charge is 0.200 e. The number of hydrogen-bond donors (Lipinski definition) is 0. The van der Waals surface area contributed by atoms with E-state index in [-0.39, 0.29) is 5.78 Å². The molecular weight excluding hydrogens is 202 g/mol. The van der Waals surface area contributed by atoms with Crippen molar-refractivity contribution < 1.29 is 4.79 Å². The molecule has 0 aliphatic rings. The summed E-state index contributed by atoms with van der Waals surface area (Å²) in [6.45, 7) is 0. The van der Waals surface area contributed by atoms with Crippen molar-refractivity contribution in [2.75, 3.05) is 0 Å². The Morgan fingerprint density at radius 2 is 2.12 bits per heavy atom. The van der Waals surface area contributed by atoms with E-state index in [0.29, 0.717) is 5.56 Å². The molecule has 4 heteroatoms. The Labute approximate surface area is 92.8 Å². The van der Waals surface area contributed by atoms with Gasteiger partial charge in [-0.25, -0.2) is 4.98 Å². The Hall–Kier alpha value is -2.41. The number of Topliss-reactive ketones (excluding diaryl/α,β-unsaturated/α-hetero) is 1. The van der Waals surface area contributed by atoms with Crippen molar-refractivity contribution in [2.24, 2.45) is 0 Å². The van der Waals surface area contributed by atoms with Gasteiger partial charge in [0.05, 0.1) is 12.4 Å². The molecule has 0 spiro atoms. The van der Waals surface area contributed by atoms with Gasteiger partial charge in [-0.3, -0.25) is 4.79 Å². The maximum atomic E-state index is 12.0. The summed E-state index contributed by atoms with van der Waals surface area (Å²) in [7, 11) is 0. The zero-order valence-corrected chi connectivity index (χ0v) is 8.45. The van der Waals surface area contributed by atoms with Crippen LogP contribution in [0.15, 0.2) is 49.1 Å². The average molecular weight is 211 g/mol. The van der Waals surface area contributed by atoms with Gasteiger partial charge < -0.3 is 4.57 Å². The zero-order chi connectivity index (χ0) is 11.4. The van der Waals surface area contributed by atoms with Crippen LogP contribution in [0.4, 0.5) is 0 Å². The molecule has 1 heterocycles. The van der Waals surface area contributed by atoms with Crippen molar-refractivity contribution in [1.82, 2.24) is 9.55 Å². The fourth-order valence-electron chi connectivity index (χ4n) is 1.44. The SMILES string of the molecule is N#CC(C(=O)c1ccccc1)n1ccnc1. The number of nitriles is 1. The lowest BCUT2D eigenvalue weighted by atomic mass is 10.1. The lowest BCUT2D eigenvalue weighted by Gasteiger charge is -2.08. The van der Waals surface area contributed by atoms with Gasteiger partial charge in [0.25, 0.3) is 0 Å². The van der Waals surface area contributed by atoms with Crippen molar-refractivity contribution in [2.45, 2.75) is 6.04 Å². The predicted octanol–water partition coefficient (Wildman–Crippen LogP) is 1.83. The molecule has 78 valence electrons. The number of benzene rings is 1. The molecule has 2 rings (SSSR count). The Bertz CT molecular complexity index is 511. The quantitative estimate of drug-likeness (QED) is 0.728. The van der Waals surface area contributed by atoms with Crippen LogP contribution in [0.1, 0.15) is 16.4 Å². The average Bonchev–Trinajstić information content (AvgIpc) is 2.85. The summed E-state index contributed by atoms with van der Waals surface area (Å²) in [5, 5.41) is 9.01. The van der Waals surface area contributed by atoms with E-state index in [4.69, 9.17) is 5.26 Å². The molecule has 2 aromatic rings. The molecule has 1 aromatic heterocycles. The van der Waals surface area contributed by atoms with Crippen LogP contribution in [0.5, 0.6) is 0 Å². The van der Waals surface area contributed by atoms with E-state index in [0.717, 1.165) is 0 Å². The van der Waals surface area contributed by atoms with Gasteiger partial charge in [-0.15, -0.1) is 0 Å². The van der Waals surface area contributed by atoms with E-state index in [2.05, 4.69) is 4.98 Å². The maximum Gasteiger partial charge on any atom is 0.200 e. The molecular formula is C12H9N3O. The van der Waals surface area contributed by atoms with Crippen molar-refractivity contribution in [1.29, 1.82) is 5.26 Å². The summed E-state index contributed by atoms with van der Waals surface area (Å²) in [6.07, 6.45) is 4.62. The van der Waals surface area contributed by atoms with Crippen LogP contribution in [0.3, 0.4) is 0 Å². The first kappa shape index (κ1) is 10.1. The molecule has 0 amide bonds. The van der Waals surface area contributed by atoms with Crippen LogP contribution in [-0.2, 0) is 0 Å². The van der Waals surface area contributed by atoms with Crippen LogP contribution >= 0.6 is 0 Å². The molecule has 0 bridgehead atoms. The Kier molecular flexibility index (Phi) is 2.79. The molecule has 0 saturated carbocycles. The molecule has 1 unspecified atom stereocenters. The molecule has 0 saturated heterocycles. The monoisotopic (exact) mass is 211 g/mol. The minimum absolute atomic E-state index is 0.221. The molecule has 16 heavy (non-hydrogen) atoms. The highest BCUT2D eigenvalue weighted by Crippen LogP contribution is 2.13. The minimum Gasteiger partial charge on any atom is -0.314 e. The summed E-state index contributed by atoms with van der Waals surface area (Å²) in [6, 6.07) is 9.91. The van der Waals surface area contributed by atoms with Crippen molar-refractivity contribution in [3.05, 3.63) is 54.6 Å². The molecule has 0 aliphatic heterocycles. The van der Waals surface area contributed by atoms with E-state index in [1.807, 2.05) is 12.1 Å². The fourth-order valence-corrected chi connectivity index (χ4v) is 1.44. The summed E-state index contributed by atoms with van der Waals surface area (Å²) in [5.74, 6) is -0.221. The van der Waals surface area contributed by atoms with Crippen molar-refractivity contribution in [3.8, 4) is 6.07 Å². The fraction of sp³-hybridized carbons (Fsp3) is 0.0833. The van der Waals surface area contributed by atoms with Gasteiger partial charge in [0, 0.05) is 18.0 Å². The third kappa shape index (κ3) is 1.84. The van der Waals surface area contributed by atoms with Crippen LogP contribution < -0.4 is 0 Å². The van der Waals surface area contributed by atoms with Crippen LogP contribution in [-0.4, -0.2) is 15.3 Å². The summed E-state index contributed by atoms with van der Waals surface area (Å²) in [4.78, 5) is 15.8. The zero-order valence-electron chi connectivity index (χ0n) is 8.45. The van der Waals surface area contributed by atoms with Crippen LogP contribution in [0.2, 0.25) is 0 Å². The van der Waals surface area contributed by atoms with Gasteiger partial charge in [-0.05, 0) is 0 Å². The van der Waals surface area contributed by atoms with Gasteiger partial charge in [0.15, 0.2) is 11.8 Å². The first-order valence-electron chi connectivity index (χ1n) is 4.79. The van der Waals surface area contributed by atoms with Gasteiger partial charge >= 0.3 is 0 Å². The van der Waals surface area contributed by atoms with E-state index < -0.39 is 6.04 Å². The Morgan fingerprint density at radius 3 is 2.69 bits per heavy atom. The lowest BCUT2D eigenvalue weighted by molar-refractivity contribution is 0.0953. The second-order valence-corrected chi connectivity index (χ2v) is 3.27. The third-order valence-electron chi connectivity index (χ3n) is 2.25. The predicted molar refractivity (Wildman–Crippen MR) is 57.6 cm³/mol. The topological polar surface area (TPSA) is 58.7 Å². The summed E-state index contributed by atoms with van der Waals surface area (Å²) < 4.78 is 1.50. The first-order chi connectivity index (χ1) is 7.83. The number of carbonyl (C=O) groups is 1. The number of imidazole rings is 1. The second kappa shape index (κ2) is 4.41. The number of hydrogen-bond acceptors (Lipinski definition) is 3. The summed E-state index contributed by atoms with van der Waals surface area (Å²) >= 11 is 0. The van der Waals surface area contributed by atoms with Crippen molar-refractivity contribution in [3.63, 3.8) is 0 Å². The molecule has 0 aliphatic carbocycles. The van der Waals surface area contributed by atoms with Gasteiger partial charge in [0.1, 0.15) is 0 Å². The van der Waals surface area contributed by atoms with E-state index in [9.17, 15) is 4.79 Å². The molecule has 1 aromatic carbocycles. The molecule has 0 fully saturated rings. The molecule has 0 radical (unpaired) electrons. The molecule has 0 N–H and O–H groups in total. The molecule has 1 atom stereocenters. The van der Waals surface area contributed by atoms with Crippen LogP contribution in [0.25, 0.3) is 0 Å². The third-order valence-corrected chi connectivity index (χ3v) is 2.25. The standard InChI is InChI=1S/C12H9N3O/c13-8-11(15-7-6-14-9-15)12(16)10-4-2-1-3-5-10/h1-7,9,11H. The highest BCUT2D eigenvalue weighted by molar-refractivity contribution is 6.00. The number of nitrogens with zero attached hydrogens (tertiary/aromatic N) is 3. The number of ketones is 1. The normalized spacial score (nSPS) is 11.7. The van der Waals surface area contributed by atoms with Gasteiger partial charge in [0.2, 0.25) is 0 Å². The Morgan fingerprint density at radius 1 is 1.38 bits per heavy atom. The minimum atomic E-state index is -0.843. The number of carbonyl (C=O) groups excluding carboxylic acids is 1.